The number of hydrogen-bond acceptors (Lipinski definition) is 3. The zero-order valence-corrected chi connectivity index (χ0v) is 14.6. The molecule has 0 bridgehead atoms. The second kappa shape index (κ2) is 7.46. The number of para-hydroxylation sites is 1. The Morgan fingerprint density at radius 1 is 1.40 bits per heavy atom. The summed E-state index contributed by atoms with van der Waals surface area (Å²) in [4.78, 5) is 1.18. The molecule has 1 atom stereocenters. The van der Waals surface area contributed by atoms with Gasteiger partial charge in [-0.1, -0.05) is 36.7 Å². The van der Waals surface area contributed by atoms with E-state index >= 15 is 0 Å². The van der Waals surface area contributed by atoms with Crippen molar-refractivity contribution in [2.45, 2.75) is 19.4 Å². The van der Waals surface area contributed by atoms with Gasteiger partial charge in [0.15, 0.2) is 0 Å². The molecule has 20 heavy (non-hydrogen) atoms. The van der Waals surface area contributed by atoms with Gasteiger partial charge in [0.1, 0.15) is 10.1 Å². The monoisotopic (exact) mass is 373 g/mol. The van der Waals surface area contributed by atoms with Gasteiger partial charge in [-0.15, -0.1) is 11.3 Å². The summed E-state index contributed by atoms with van der Waals surface area (Å²) in [5, 5.41) is 3.57. The molecule has 0 saturated carbocycles. The molecule has 2 rings (SSSR count). The number of ether oxygens (including phenoxy) is 1. The Morgan fingerprint density at radius 2 is 2.15 bits per heavy atom. The van der Waals surface area contributed by atoms with Crippen LogP contribution in [0, 0.1) is 0 Å². The molecule has 0 aliphatic heterocycles. The van der Waals surface area contributed by atoms with E-state index in [0.29, 0.717) is 0 Å². The molecule has 0 saturated heterocycles. The Labute approximate surface area is 137 Å². The molecule has 1 aromatic carbocycles. The maximum absolute atomic E-state index is 6.18. The Kier molecular flexibility index (Phi) is 5.90. The van der Waals surface area contributed by atoms with Crippen molar-refractivity contribution in [3.8, 4) is 5.75 Å². The molecular formula is C15H17BrClNOS. The molecule has 0 aliphatic rings. The lowest BCUT2D eigenvalue weighted by Gasteiger charge is -2.20. The second-order valence-electron chi connectivity index (χ2n) is 4.40. The van der Waals surface area contributed by atoms with E-state index in [1.165, 1.54) is 4.88 Å². The van der Waals surface area contributed by atoms with Crippen LogP contribution in [0.3, 0.4) is 0 Å². The molecule has 0 radical (unpaired) electrons. The fraction of sp³-hybridized carbons (Fsp3) is 0.333. The summed E-state index contributed by atoms with van der Waals surface area (Å²) in [7, 11) is 1.70. The highest BCUT2D eigenvalue weighted by atomic mass is 79.9. The van der Waals surface area contributed by atoms with Crippen molar-refractivity contribution in [2.24, 2.45) is 0 Å². The van der Waals surface area contributed by atoms with E-state index in [1.807, 2.05) is 18.2 Å². The SMILES string of the molecule is CCCNC(c1cc(Br)c(Cl)s1)c1ccccc1OC. The van der Waals surface area contributed by atoms with E-state index in [9.17, 15) is 0 Å². The Hall–Kier alpha value is -0.550. The average molecular weight is 375 g/mol. The van der Waals surface area contributed by atoms with Crippen LogP contribution in [-0.2, 0) is 0 Å². The normalized spacial score (nSPS) is 12.4. The molecule has 108 valence electrons. The van der Waals surface area contributed by atoms with E-state index in [0.717, 1.165) is 33.1 Å². The largest absolute Gasteiger partial charge is 0.496 e. The summed E-state index contributed by atoms with van der Waals surface area (Å²) >= 11 is 11.2. The summed E-state index contributed by atoms with van der Waals surface area (Å²) in [6.45, 7) is 3.10. The molecule has 2 nitrogen and oxygen atoms in total. The van der Waals surface area contributed by atoms with Crippen LogP contribution < -0.4 is 10.1 Å². The molecule has 0 fully saturated rings. The van der Waals surface area contributed by atoms with Gasteiger partial charge in [0.2, 0.25) is 0 Å². The smallest absolute Gasteiger partial charge is 0.124 e. The van der Waals surface area contributed by atoms with Crippen molar-refractivity contribution < 1.29 is 4.74 Å². The number of halogens is 2. The first-order valence-corrected chi connectivity index (χ1v) is 8.47. The van der Waals surface area contributed by atoms with Gasteiger partial charge in [0, 0.05) is 14.9 Å². The predicted molar refractivity (Wildman–Crippen MR) is 90.2 cm³/mol. The van der Waals surface area contributed by atoms with Crippen LogP contribution in [-0.4, -0.2) is 13.7 Å². The zero-order valence-electron chi connectivity index (χ0n) is 11.5. The van der Waals surface area contributed by atoms with Crippen LogP contribution in [0.25, 0.3) is 0 Å². The highest BCUT2D eigenvalue weighted by Crippen LogP contribution is 2.39. The summed E-state index contributed by atoms with van der Waals surface area (Å²) in [6, 6.07) is 10.3. The minimum atomic E-state index is 0.0971. The first kappa shape index (κ1) is 15.8. The van der Waals surface area contributed by atoms with Crippen molar-refractivity contribution in [3.05, 3.63) is 49.6 Å². The van der Waals surface area contributed by atoms with E-state index in [-0.39, 0.29) is 6.04 Å². The van der Waals surface area contributed by atoms with Crippen LogP contribution in [0.2, 0.25) is 4.34 Å². The molecule has 2 aromatic rings. The molecule has 1 aromatic heterocycles. The van der Waals surface area contributed by atoms with Crippen LogP contribution in [0.5, 0.6) is 5.75 Å². The first-order valence-electron chi connectivity index (χ1n) is 6.48. The van der Waals surface area contributed by atoms with Crippen molar-refractivity contribution in [1.82, 2.24) is 5.32 Å². The molecule has 0 aliphatic carbocycles. The van der Waals surface area contributed by atoms with Gasteiger partial charge in [0.25, 0.3) is 0 Å². The van der Waals surface area contributed by atoms with Crippen LogP contribution >= 0.6 is 38.9 Å². The van der Waals surface area contributed by atoms with Gasteiger partial charge in [-0.25, -0.2) is 0 Å². The Morgan fingerprint density at radius 3 is 2.75 bits per heavy atom. The van der Waals surface area contributed by atoms with E-state index < -0.39 is 0 Å². The van der Waals surface area contributed by atoms with Crippen molar-refractivity contribution in [3.63, 3.8) is 0 Å². The maximum atomic E-state index is 6.18. The van der Waals surface area contributed by atoms with Crippen molar-refractivity contribution >= 4 is 38.9 Å². The number of benzene rings is 1. The standard InChI is InChI=1S/C15H17BrClNOS/c1-3-8-18-14(13-9-11(16)15(17)20-13)10-6-4-5-7-12(10)19-2/h4-7,9,14,18H,3,8H2,1-2H3. The summed E-state index contributed by atoms with van der Waals surface area (Å²) in [5.41, 5.74) is 1.13. The minimum absolute atomic E-state index is 0.0971. The average Bonchev–Trinajstić information content (AvgIpc) is 2.79. The topological polar surface area (TPSA) is 21.3 Å². The van der Waals surface area contributed by atoms with Crippen LogP contribution in [0.1, 0.15) is 29.8 Å². The summed E-state index contributed by atoms with van der Waals surface area (Å²) in [5.74, 6) is 0.891. The number of nitrogens with one attached hydrogen (secondary N) is 1. The highest BCUT2D eigenvalue weighted by molar-refractivity contribution is 9.10. The fourth-order valence-electron chi connectivity index (χ4n) is 2.06. The molecule has 0 spiro atoms. The molecule has 1 heterocycles. The number of thiophene rings is 1. The van der Waals surface area contributed by atoms with E-state index in [4.69, 9.17) is 16.3 Å². The number of rotatable bonds is 6. The maximum Gasteiger partial charge on any atom is 0.124 e. The van der Waals surface area contributed by atoms with Crippen molar-refractivity contribution in [2.75, 3.05) is 13.7 Å². The van der Waals surface area contributed by atoms with E-state index in [2.05, 4.69) is 40.3 Å². The lowest BCUT2D eigenvalue weighted by atomic mass is 10.0. The third-order valence-corrected chi connectivity index (χ3v) is 5.54. The molecule has 0 amide bonds. The first-order chi connectivity index (χ1) is 9.67. The third kappa shape index (κ3) is 3.55. The zero-order chi connectivity index (χ0) is 14.5. The summed E-state index contributed by atoms with van der Waals surface area (Å²) in [6.07, 6.45) is 1.08. The molecular weight excluding hydrogens is 358 g/mol. The molecule has 1 unspecified atom stereocenters. The summed E-state index contributed by atoms with van der Waals surface area (Å²) < 4.78 is 7.20. The highest BCUT2D eigenvalue weighted by Gasteiger charge is 2.20. The van der Waals surface area contributed by atoms with Gasteiger partial charge in [-0.3, -0.25) is 0 Å². The lowest BCUT2D eigenvalue weighted by Crippen LogP contribution is -2.22. The fourth-order valence-corrected chi connectivity index (χ4v) is 3.89. The van der Waals surface area contributed by atoms with Gasteiger partial charge in [-0.2, -0.15) is 0 Å². The van der Waals surface area contributed by atoms with Crippen molar-refractivity contribution in [1.29, 1.82) is 0 Å². The van der Waals surface area contributed by atoms with E-state index in [1.54, 1.807) is 18.4 Å². The predicted octanol–water partition coefficient (Wildman–Crippen LogP) is 5.26. The Balaban J connectivity index is 2.41. The third-order valence-electron chi connectivity index (χ3n) is 3.00. The van der Waals surface area contributed by atoms with Gasteiger partial charge < -0.3 is 10.1 Å². The lowest BCUT2D eigenvalue weighted by molar-refractivity contribution is 0.404. The van der Waals surface area contributed by atoms with Gasteiger partial charge in [-0.05, 0) is 41.0 Å². The molecule has 1 N–H and O–H groups in total. The van der Waals surface area contributed by atoms with Gasteiger partial charge in [0.05, 0.1) is 13.2 Å². The minimum Gasteiger partial charge on any atom is -0.496 e. The van der Waals surface area contributed by atoms with Crippen LogP contribution in [0.15, 0.2) is 34.8 Å². The second-order valence-corrected chi connectivity index (χ2v) is 6.94. The number of hydrogen-bond donors (Lipinski definition) is 1. The van der Waals surface area contributed by atoms with Gasteiger partial charge >= 0.3 is 0 Å². The van der Waals surface area contributed by atoms with Crippen LogP contribution in [0.4, 0.5) is 0 Å². The Bertz CT molecular complexity index is 553. The number of methoxy groups -OCH3 is 1. The quantitative estimate of drug-likeness (QED) is 0.744. The molecule has 5 heteroatoms.